The quantitative estimate of drug-likeness (QED) is 0.491. The molecule has 2 aromatic carbocycles. The van der Waals surface area contributed by atoms with E-state index in [9.17, 15) is 4.79 Å². The summed E-state index contributed by atoms with van der Waals surface area (Å²) in [5.41, 5.74) is 3.42. The molecule has 0 bridgehead atoms. The van der Waals surface area contributed by atoms with Crippen molar-refractivity contribution < 1.29 is 14.1 Å². The molecule has 0 aliphatic heterocycles. The SMILES string of the molecule is CCN(C)C(=O)c1cnc(-c2noc3cc(-c4ccc(OC)cc4)ccc23)s1. The molecule has 142 valence electrons. The van der Waals surface area contributed by atoms with Gasteiger partial charge in [-0.3, -0.25) is 4.79 Å². The molecular formula is C21H19N3O3S. The van der Waals surface area contributed by atoms with Crippen LogP contribution in [0.15, 0.2) is 53.2 Å². The molecule has 0 unspecified atom stereocenters. The van der Waals surface area contributed by atoms with Crippen molar-refractivity contribution in [3.05, 3.63) is 53.5 Å². The molecule has 0 atom stereocenters. The van der Waals surface area contributed by atoms with E-state index in [1.807, 2.05) is 49.4 Å². The molecule has 0 aliphatic rings. The number of amides is 1. The van der Waals surface area contributed by atoms with E-state index in [0.717, 1.165) is 22.3 Å². The van der Waals surface area contributed by atoms with Gasteiger partial charge in [0.05, 0.1) is 18.7 Å². The molecule has 28 heavy (non-hydrogen) atoms. The molecule has 0 saturated carbocycles. The summed E-state index contributed by atoms with van der Waals surface area (Å²) in [5.74, 6) is 0.774. The van der Waals surface area contributed by atoms with E-state index in [2.05, 4.69) is 10.1 Å². The number of thiazole rings is 1. The van der Waals surface area contributed by atoms with Crippen LogP contribution < -0.4 is 4.74 Å². The lowest BCUT2D eigenvalue weighted by Gasteiger charge is -2.11. The van der Waals surface area contributed by atoms with E-state index in [1.165, 1.54) is 11.3 Å². The first-order chi connectivity index (χ1) is 13.6. The first kappa shape index (κ1) is 18.2. The maximum absolute atomic E-state index is 12.3. The predicted octanol–water partition coefficient (Wildman–Crippen LogP) is 4.72. The van der Waals surface area contributed by atoms with Crippen molar-refractivity contribution in [3.8, 4) is 27.6 Å². The molecular weight excluding hydrogens is 374 g/mol. The molecule has 4 aromatic rings. The van der Waals surface area contributed by atoms with Gasteiger partial charge in [0.15, 0.2) is 5.58 Å². The minimum atomic E-state index is -0.0409. The molecule has 0 saturated heterocycles. The minimum Gasteiger partial charge on any atom is -0.497 e. The standard InChI is InChI=1S/C21H19N3O3S/c1-4-24(2)21(25)18-12-22-20(28-18)19-16-10-7-14(11-17(16)27-23-19)13-5-8-15(26-3)9-6-13/h5-12H,4H2,1-3H3. The van der Waals surface area contributed by atoms with E-state index in [1.54, 1.807) is 25.3 Å². The smallest absolute Gasteiger partial charge is 0.265 e. The number of methoxy groups -OCH3 is 1. The number of benzene rings is 2. The normalized spacial score (nSPS) is 11.0. The average Bonchev–Trinajstić information content (AvgIpc) is 3.39. The Morgan fingerprint density at radius 2 is 1.93 bits per heavy atom. The molecule has 0 fully saturated rings. The third-order valence-electron chi connectivity index (χ3n) is 4.64. The number of rotatable bonds is 5. The van der Waals surface area contributed by atoms with Crippen molar-refractivity contribution in [2.75, 3.05) is 20.7 Å². The molecule has 2 aromatic heterocycles. The van der Waals surface area contributed by atoms with E-state index >= 15 is 0 Å². The minimum absolute atomic E-state index is 0.0409. The van der Waals surface area contributed by atoms with Crippen LogP contribution in [0.1, 0.15) is 16.6 Å². The lowest BCUT2D eigenvalue weighted by atomic mass is 10.0. The van der Waals surface area contributed by atoms with Crippen LogP contribution in [-0.4, -0.2) is 41.6 Å². The molecule has 6 nitrogen and oxygen atoms in total. The summed E-state index contributed by atoms with van der Waals surface area (Å²) in [5, 5.41) is 5.73. The fraction of sp³-hybridized carbons (Fsp3) is 0.190. The van der Waals surface area contributed by atoms with Crippen molar-refractivity contribution in [1.82, 2.24) is 15.0 Å². The zero-order chi connectivity index (χ0) is 19.7. The second-order valence-electron chi connectivity index (χ2n) is 6.32. The zero-order valence-electron chi connectivity index (χ0n) is 15.8. The molecule has 0 aliphatic carbocycles. The first-order valence-electron chi connectivity index (χ1n) is 8.86. The van der Waals surface area contributed by atoms with Crippen molar-refractivity contribution in [2.24, 2.45) is 0 Å². The largest absolute Gasteiger partial charge is 0.497 e. The fourth-order valence-electron chi connectivity index (χ4n) is 2.87. The molecule has 1 amide bonds. The highest BCUT2D eigenvalue weighted by atomic mass is 32.1. The first-order valence-corrected chi connectivity index (χ1v) is 9.68. The van der Waals surface area contributed by atoms with Crippen molar-refractivity contribution in [1.29, 1.82) is 0 Å². The topological polar surface area (TPSA) is 68.5 Å². The van der Waals surface area contributed by atoms with Crippen molar-refractivity contribution >= 4 is 28.2 Å². The number of ether oxygens (including phenoxy) is 1. The maximum Gasteiger partial charge on any atom is 0.265 e. The van der Waals surface area contributed by atoms with Crippen LogP contribution in [0.5, 0.6) is 5.75 Å². The number of fused-ring (bicyclic) bond motifs is 1. The Hall–Kier alpha value is -3.19. The van der Waals surface area contributed by atoms with Gasteiger partial charge in [-0.25, -0.2) is 4.98 Å². The van der Waals surface area contributed by atoms with Crippen LogP contribution in [0.25, 0.3) is 32.8 Å². The fourth-order valence-corrected chi connectivity index (χ4v) is 3.78. The van der Waals surface area contributed by atoms with Crippen LogP contribution in [0.4, 0.5) is 0 Å². The summed E-state index contributed by atoms with van der Waals surface area (Å²) in [4.78, 5) is 18.9. The second kappa shape index (κ2) is 7.44. The van der Waals surface area contributed by atoms with Crippen LogP contribution in [0.3, 0.4) is 0 Å². The Kier molecular flexibility index (Phi) is 4.83. The maximum atomic E-state index is 12.3. The summed E-state index contributed by atoms with van der Waals surface area (Å²) in [6.45, 7) is 2.58. The number of aromatic nitrogens is 2. The third kappa shape index (κ3) is 3.25. The van der Waals surface area contributed by atoms with Gasteiger partial charge >= 0.3 is 0 Å². The van der Waals surface area contributed by atoms with Crippen LogP contribution >= 0.6 is 11.3 Å². The summed E-state index contributed by atoms with van der Waals surface area (Å²) >= 11 is 1.32. The molecule has 0 spiro atoms. The van der Waals surface area contributed by atoms with Crippen molar-refractivity contribution in [3.63, 3.8) is 0 Å². The Morgan fingerprint density at radius 3 is 2.64 bits per heavy atom. The summed E-state index contributed by atoms with van der Waals surface area (Å²) in [6, 6.07) is 13.8. The number of nitrogens with zero attached hydrogens (tertiary/aromatic N) is 3. The van der Waals surface area contributed by atoms with E-state index < -0.39 is 0 Å². The zero-order valence-corrected chi connectivity index (χ0v) is 16.6. The van der Waals surface area contributed by atoms with Gasteiger partial charge in [-0.05, 0) is 42.3 Å². The number of hydrogen-bond acceptors (Lipinski definition) is 6. The van der Waals surface area contributed by atoms with E-state index in [-0.39, 0.29) is 5.91 Å². The molecule has 2 heterocycles. The van der Waals surface area contributed by atoms with Crippen molar-refractivity contribution in [2.45, 2.75) is 6.92 Å². The van der Waals surface area contributed by atoms with Gasteiger partial charge in [0, 0.05) is 13.6 Å². The van der Waals surface area contributed by atoms with Gasteiger partial charge in [-0.15, -0.1) is 11.3 Å². The van der Waals surface area contributed by atoms with Gasteiger partial charge in [0.2, 0.25) is 0 Å². The lowest BCUT2D eigenvalue weighted by Crippen LogP contribution is -2.25. The highest BCUT2D eigenvalue weighted by Gasteiger charge is 2.19. The van der Waals surface area contributed by atoms with Gasteiger partial charge < -0.3 is 14.2 Å². The molecule has 7 heteroatoms. The molecule has 4 rings (SSSR count). The molecule has 0 N–H and O–H groups in total. The van der Waals surface area contributed by atoms with Gasteiger partial charge in [0.25, 0.3) is 5.91 Å². The Bertz CT molecular complexity index is 1130. The van der Waals surface area contributed by atoms with Crippen LogP contribution in [-0.2, 0) is 0 Å². The highest BCUT2D eigenvalue weighted by molar-refractivity contribution is 7.17. The Labute approximate surface area is 166 Å². The monoisotopic (exact) mass is 393 g/mol. The summed E-state index contributed by atoms with van der Waals surface area (Å²) in [7, 11) is 3.42. The van der Waals surface area contributed by atoms with E-state index in [0.29, 0.717) is 27.7 Å². The number of hydrogen-bond donors (Lipinski definition) is 0. The molecule has 0 radical (unpaired) electrons. The third-order valence-corrected chi connectivity index (χ3v) is 5.63. The van der Waals surface area contributed by atoms with Gasteiger partial charge in [-0.1, -0.05) is 23.4 Å². The predicted molar refractivity (Wildman–Crippen MR) is 110 cm³/mol. The lowest BCUT2D eigenvalue weighted by molar-refractivity contribution is 0.0807. The van der Waals surface area contributed by atoms with Crippen LogP contribution in [0, 0.1) is 0 Å². The highest BCUT2D eigenvalue weighted by Crippen LogP contribution is 2.34. The Morgan fingerprint density at radius 1 is 1.18 bits per heavy atom. The number of carbonyl (C=O) groups excluding carboxylic acids is 1. The Balaban J connectivity index is 1.67. The summed E-state index contributed by atoms with van der Waals surface area (Å²) in [6.07, 6.45) is 1.60. The second-order valence-corrected chi connectivity index (χ2v) is 7.35. The van der Waals surface area contributed by atoms with Gasteiger partial charge in [-0.2, -0.15) is 0 Å². The van der Waals surface area contributed by atoms with Crippen LogP contribution in [0.2, 0.25) is 0 Å². The average molecular weight is 393 g/mol. The summed E-state index contributed by atoms with van der Waals surface area (Å²) < 4.78 is 10.8. The van der Waals surface area contributed by atoms with E-state index in [4.69, 9.17) is 9.26 Å². The number of carbonyl (C=O) groups is 1. The van der Waals surface area contributed by atoms with Gasteiger partial charge in [0.1, 0.15) is 21.3 Å².